The fraction of sp³-hybridized carbons (Fsp3) is 0.143. The summed E-state index contributed by atoms with van der Waals surface area (Å²) in [5, 5.41) is 0.951. The monoisotopic (exact) mass is 306 g/mol. The lowest BCUT2D eigenvalue weighted by Gasteiger charge is -1.97. The van der Waals surface area contributed by atoms with Gasteiger partial charge in [0.25, 0.3) is 0 Å². The molecule has 0 aliphatic rings. The van der Waals surface area contributed by atoms with Gasteiger partial charge in [-0.2, -0.15) is 0 Å². The fourth-order valence-electron chi connectivity index (χ4n) is 1.29. The summed E-state index contributed by atoms with van der Waals surface area (Å²) >= 11 is 2.20. The zero-order chi connectivity index (χ0) is 9.42. The Hall–Kier alpha value is -0.500. The molecule has 4 nitrogen and oxygen atoms in total. The molecule has 0 amide bonds. The number of halogens is 1. The van der Waals surface area contributed by atoms with E-state index in [1.54, 1.807) is 9.12 Å². The standard InChI is InChI=1S/C7H7IN4S/c1-4-2-12(13-8)7-5(4)6(9)10-3-11-7/h2-3H,1H3,(H2,9,10,11). The first-order chi connectivity index (χ1) is 6.24. The Morgan fingerprint density at radius 3 is 3.00 bits per heavy atom. The van der Waals surface area contributed by atoms with Gasteiger partial charge in [0.15, 0.2) is 5.65 Å². The molecular formula is C7H7IN4S. The van der Waals surface area contributed by atoms with Gasteiger partial charge in [-0.3, -0.25) is 3.97 Å². The normalized spacial score (nSPS) is 10.9. The second-order valence-corrected chi connectivity index (χ2v) is 4.38. The largest absolute Gasteiger partial charge is 0.383 e. The molecule has 0 saturated carbocycles. The minimum Gasteiger partial charge on any atom is -0.383 e. The Kier molecular flexibility index (Phi) is 2.33. The van der Waals surface area contributed by atoms with E-state index in [9.17, 15) is 0 Å². The van der Waals surface area contributed by atoms with Gasteiger partial charge >= 0.3 is 0 Å². The predicted octanol–water partition coefficient (Wildman–Crippen LogP) is 2.17. The third kappa shape index (κ3) is 1.37. The zero-order valence-corrected chi connectivity index (χ0v) is 9.83. The van der Waals surface area contributed by atoms with Crippen LogP contribution in [0.3, 0.4) is 0 Å². The third-order valence-electron chi connectivity index (χ3n) is 1.84. The van der Waals surface area contributed by atoms with Crippen molar-refractivity contribution in [2.24, 2.45) is 0 Å². The zero-order valence-electron chi connectivity index (χ0n) is 6.86. The summed E-state index contributed by atoms with van der Waals surface area (Å²) in [7, 11) is 1.57. The molecule has 2 aromatic rings. The van der Waals surface area contributed by atoms with Crippen molar-refractivity contribution in [2.45, 2.75) is 6.92 Å². The van der Waals surface area contributed by atoms with Crippen LogP contribution in [0.2, 0.25) is 0 Å². The highest BCUT2D eigenvalue weighted by Crippen LogP contribution is 2.28. The average Bonchev–Trinajstić information content (AvgIpc) is 2.44. The van der Waals surface area contributed by atoms with E-state index in [-0.39, 0.29) is 0 Å². The van der Waals surface area contributed by atoms with Crippen LogP contribution in [0.4, 0.5) is 5.82 Å². The first-order valence-electron chi connectivity index (χ1n) is 3.61. The Bertz CT molecular complexity index is 453. The van der Waals surface area contributed by atoms with Crippen LogP contribution in [0.5, 0.6) is 0 Å². The fourth-order valence-corrected chi connectivity index (χ4v) is 2.59. The number of nitrogens with zero attached hydrogens (tertiary/aromatic N) is 3. The van der Waals surface area contributed by atoms with Crippen LogP contribution in [-0.4, -0.2) is 13.9 Å². The van der Waals surface area contributed by atoms with Gasteiger partial charge in [0.05, 0.1) is 5.39 Å². The van der Waals surface area contributed by atoms with Crippen LogP contribution in [-0.2, 0) is 0 Å². The summed E-state index contributed by atoms with van der Waals surface area (Å²) in [4.78, 5) is 8.14. The number of aromatic nitrogens is 3. The van der Waals surface area contributed by atoms with Gasteiger partial charge in [-0.15, -0.1) is 0 Å². The van der Waals surface area contributed by atoms with Crippen molar-refractivity contribution in [1.29, 1.82) is 0 Å². The lowest BCUT2D eigenvalue weighted by atomic mass is 10.2. The van der Waals surface area contributed by atoms with Crippen LogP contribution in [0.1, 0.15) is 5.56 Å². The van der Waals surface area contributed by atoms with E-state index in [1.165, 1.54) is 6.33 Å². The number of hydrogen-bond donors (Lipinski definition) is 1. The number of hydrogen-bond acceptors (Lipinski definition) is 4. The Balaban J connectivity index is 2.87. The van der Waals surface area contributed by atoms with Gasteiger partial charge in [-0.05, 0) is 12.5 Å². The molecule has 6 heteroatoms. The van der Waals surface area contributed by atoms with Crippen molar-refractivity contribution >= 4 is 47.2 Å². The Labute approximate surface area is 91.6 Å². The van der Waals surface area contributed by atoms with Crippen molar-refractivity contribution in [3.05, 3.63) is 18.1 Å². The molecule has 0 radical (unpaired) electrons. The molecule has 0 aromatic carbocycles. The lowest BCUT2D eigenvalue weighted by molar-refractivity contribution is 1.19. The smallest absolute Gasteiger partial charge is 0.156 e. The predicted molar refractivity (Wildman–Crippen MR) is 63.7 cm³/mol. The molecule has 0 aliphatic carbocycles. The second-order valence-electron chi connectivity index (χ2n) is 2.66. The quantitative estimate of drug-likeness (QED) is 0.820. The topological polar surface area (TPSA) is 56.7 Å². The number of rotatable bonds is 1. The van der Waals surface area contributed by atoms with Crippen molar-refractivity contribution in [3.8, 4) is 0 Å². The maximum Gasteiger partial charge on any atom is 0.156 e. The Morgan fingerprint density at radius 2 is 2.31 bits per heavy atom. The van der Waals surface area contributed by atoms with Gasteiger partial charge in [0, 0.05) is 36.5 Å². The number of aryl methyl sites for hydroxylation is 1. The van der Waals surface area contributed by atoms with Gasteiger partial charge in [0.2, 0.25) is 0 Å². The van der Waals surface area contributed by atoms with Crippen LogP contribution in [0.25, 0.3) is 11.0 Å². The highest BCUT2D eigenvalue weighted by molar-refractivity contribution is 14.2. The number of nitrogens with two attached hydrogens (primary N) is 1. The van der Waals surface area contributed by atoms with Gasteiger partial charge < -0.3 is 5.73 Å². The molecule has 0 aliphatic heterocycles. The van der Waals surface area contributed by atoms with E-state index >= 15 is 0 Å². The van der Waals surface area contributed by atoms with Crippen LogP contribution in [0, 0.1) is 6.92 Å². The SMILES string of the molecule is Cc1cn(SI)c2ncnc(N)c12. The molecule has 0 unspecified atom stereocenters. The third-order valence-corrected chi connectivity index (χ3v) is 3.55. The molecular weight excluding hydrogens is 299 g/mol. The van der Waals surface area contributed by atoms with E-state index in [0.717, 1.165) is 16.6 Å². The molecule has 2 aromatic heterocycles. The highest BCUT2D eigenvalue weighted by Gasteiger charge is 2.09. The van der Waals surface area contributed by atoms with Gasteiger partial charge in [-0.1, -0.05) is 0 Å². The molecule has 0 saturated heterocycles. The van der Waals surface area contributed by atoms with E-state index in [4.69, 9.17) is 5.73 Å². The summed E-state index contributed by atoms with van der Waals surface area (Å²) in [5.74, 6) is 0.548. The summed E-state index contributed by atoms with van der Waals surface area (Å²) in [5.41, 5.74) is 7.74. The number of fused-ring (bicyclic) bond motifs is 1. The van der Waals surface area contributed by atoms with Crippen molar-refractivity contribution < 1.29 is 0 Å². The molecule has 68 valence electrons. The van der Waals surface area contributed by atoms with Crippen molar-refractivity contribution in [2.75, 3.05) is 5.73 Å². The molecule has 2 N–H and O–H groups in total. The van der Waals surface area contributed by atoms with E-state index < -0.39 is 0 Å². The molecule has 2 rings (SSSR count). The summed E-state index contributed by atoms with van der Waals surface area (Å²) in [6.45, 7) is 2.01. The van der Waals surface area contributed by atoms with E-state index in [0.29, 0.717) is 5.82 Å². The van der Waals surface area contributed by atoms with E-state index in [2.05, 4.69) is 31.2 Å². The van der Waals surface area contributed by atoms with E-state index in [1.807, 2.05) is 17.1 Å². The minimum atomic E-state index is 0.548. The van der Waals surface area contributed by atoms with Crippen molar-refractivity contribution in [1.82, 2.24) is 13.9 Å². The molecule has 0 spiro atoms. The van der Waals surface area contributed by atoms with Crippen LogP contribution in [0.15, 0.2) is 12.5 Å². The summed E-state index contributed by atoms with van der Waals surface area (Å²) in [6, 6.07) is 0. The Morgan fingerprint density at radius 1 is 1.54 bits per heavy atom. The van der Waals surface area contributed by atoms with Crippen LogP contribution < -0.4 is 5.73 Å². The molecule has 0 fully saturated rings. The molecule has 0 atom stereocenters. The molecule has 13 heavy (non-hydrogen) atoms. The summed E-state index contributed by atoms with van der Waals surface area (Å²) in [6.07, 6.45) is 3.49. The lowest BCUT2D eigenvalue weighted by Crippen LogP contribution is -1.93. The second kappa shape index (κ2) is 3.33. The highest BCUT2D eigenvalue weighted by atomic mass is 127. The van der Waals surface area contributed by atoms with Gasteiger partial charge in [-0.25, -0.2) is 9.97 Å². The first-order valence-corrected chi connectivity index (χ1v) is 6.93. The number of anilines is 1. The maximum atomic E-state index is 5.75. The maximum absolute atomic E-state index is 5.75. The molecule has 2 heterocycles. The van der Waals surface area contributed by atoms with Gasteiger partial charge in [0.1, 0.15) is 12.1 Å². The average molecular weight is 306 g/mol. The minimum absolute atomic E-state index is 0.548. The molecule has 0 bridgehead atoms. The van der Waals surface area contributed by atoms with Crippen molar-refractivity contribution in [3.63, 3.8) is 0 Å². The first kappa shape index (κ1) is 9.07. The summed E-state index contributed by atoms with van der Waals surface area (Å²) < 4.78 is 1.98. The van der Waals surface area contributed by atoms with Crippen LogP contribution >= 0.6 is 30.3 Å². The number of nitrogen functional groups attached to an aromatic ring is 1.